The molecule has 0 amide bonds. The fourth-order valence-electron chi connectivity index (χ4n) is 7.99. The fraction of sp³-hybridized carbons (Fsp3) is 0.955. The summed E-state index contributed by atoms with van der Waals surface area (Å²) in [7, 11) is 1.72. The van der Waals surface area contributed by atoms with Crippen molar-refractivity contribution in [2.45, 2.75) is 77.7 Å². The summed E-state index contributed by atoms with van der Waals surface area (Å²) < 4.78 is 5.42. The standard InChI is InChI=1S/C22H36O3/c1-14-12-20(2)15(11-19(14)23)5-6-16-17(20)7-9-21(3)18(16)8-10-22(21,24)13-25-4/h14-18,24H,5-13H2,1-4H3/t14-,15+,16-,17+,18-,20+,21+,22-/m1/s1. The maximum Gasteiger partial charge on any atom is 0.136 e. The van der Waals surface area contributed by atoms with Crippen LogP contribution in [-0.4, -0.2) is 30.2 Å². The van der Waals surface area contributed by atoms with E-state index in [0.29, 0.717) is 29.6 Å². The van der Waals surface area contributed by atoms with E-state index in [0.717, 1.165) is 43.9 Å². The molecule has 0 heterocycles. The summed E-state index contributed by atoms with van der Waals surface area (Å²) in [6.07, 6.45) is 8.75. The lowest BCUT2D eigenvalue weighted by molar-refractivity contribution is -0.172. The maximum atomic E-state index is 12.3. The lowest BCUT2D eigenvalue weighted by Gasteiger charge is -2.61. The molecule has 4 aliphatic rings. The van der Waals surface area contributed by atoms with Crippen LogP contribution in [0.2, 0.25) is 0 Å². The van der Waals surface area contributed by atoms with Crippen molar-refractivity contribution in [1.82, 2.24) is 0 Å². The second-order valence-electron chi connectivity index (χ2n) is 10.4. The van der Waals surface area contributed by atoms with E-state index in [2.05, 4.69) is 20.8 Å². The van der Waals surface area contributed by atoms with Gasteiger partial charge in [-0.25, -0.2) is 0 Å². The molecule has 0 bridgehead atoms. The van der Waals surface area contributed by atoms with Gasteiger partial charge in [0, 0.05) is 24.9 Å². The van der Waals surface area contributed by atoms with Crippen molar-refractivity contribution in [3.05, 3.63) is 0 Å². The van der Waals surface area contributed by atoms with E-state index >= 15 is 0 Å². The third-order valence-corrected chi connectivity index (χ3v) is 9.51. The first-order valence-corrected chi connectivity index (χ1v) is 10.5. The number of ether oxygens (including phenoxy) is 1. The van der Waals surface area contributed by atoms with Crippen LogP contribution in [0.5, 0.6) is 0 Å². The molecule has 3 heteroatoms. The Balaban J connectivity index is 1.63. The fourth-order valence-corrected chi connectivity index (χ4v) is 7.99. The van der Waals surface area contributed by atoms with Crippen LogP contribution in [0.3, 0.4) is 0 Å². The zero-order chi connectivity index (χ0) is 18.0. The van der Waals surface area contributed by atoms with Crippen LogP contribution in [0.4, 0.5) is 0 Å². The molecule has 0 unspecified atom stereocenters. The molecule has 0 spiro atoms. The highest BCUT2D eigenvalue weighted by atomic mass is 16.5. The molecule has 0 aliphatic heterocycles. The Hall–Kier alpha value is -0.410. The van der Waals surface area contributed by atoms with Crippen molar-refractivity contribution >= 4 is 5.78 Å². The number of aliphatic hydroxyl groups is 1. The van der Waals surface area contributed by atoms with Crippen LogP contribution in [0.1, 0.15) is 72.1 Å². The van der Waals surface area contributed by atoms with Crippen molar-refractivity contribution in [2.24, 2.45) is 40.4 Å². The molecule has 25 heavy (non-hydrogen) atoms. The summed E-state index contributed by atoms with van der Waals surface area (Å²) in [5.74, 6) is 3.42. The Morgan fingerprint density at radius 2 is 1.84 bits per heavy atom. The lowest BCUT2D eigenvalue weighted by atomic mass is 9.44. The molecule has 3 nitrogen and oxygen atoms in total. The molecule has 8 atom stereocenters. The summed E-state index contributed by atoms with van der Waals surface area (Å²) in [6, 6.07) is 0. The van der Waals surface area contributed by atoms with Gasteiger partial charge in [-0.15, -0.1) is 0 Å². The zero-order valence-electron chi connectivity index (χ0n) is 16.5. The maximum absolute atomic E-state index is 12.3. The molecule has 0 aromatic heterocycles. The molecule has 0 radical (unpaired) electrons. The third kappa shape index (κ3) is 2.34. The van der Waals surface area contributed by atoms with Crippen LogP contribution >= 0.6 is 0 Å². The number of hydrogen-bond donors (Lipinski definition) is 1. The number of carbonyl (C=O) groups is 1. The predicted octanol–water partition coefficient (Wildman–Crippen LogP) is 4.22. The predicted molar refractivity (Wildman–Crippen MR) is 98.1 cm³/mol. The van der Waals surface area contributed by atoms with E-state index in [1.807, 2.05) is 0 Å². The van der Waals surface area contributed by atoms with Crippen LogP contribution < -0.4 is 0 Å². The smallest absolute Gasteiger partial charge is 0.136 e. The van der Waals surface area contributed by atoms with Crippen molar-refractivity contribution in [3.63, 3.8) is 0 Å². The Bertz CT molecular complexity index is 559. The molecule has 0 saturated heterocycles. The van der Waals surface area contributed by atoms with Crippen molar-refractivity contribution in [2.75, 3.05) is 13.7 Å². The largest absolute Gasteiger partial charge is 0.387 e. The first-order valence-electron chi connectivity index (χ1n) is 10.5. The number of ketones is 1. The van der Waals surface area contributed by atoms with Gasteiger partial charge in [0.15, 0.2) is 0 Å². The summed E-state index contributed by atoms with van der Waals surface area (Å²) in [6.45, 7) is 7.45. The number of Topliss-reactive ketones (excluding diaryl/α,β-unsaturated/α-hetero) is 1. The molecule has 4 saturated carbocycles. The third-order valence-electron chi connectivity index (χ3n) is 9.51. The van der Waals surface area contributed by atoms with Crippen LogP contribution in [0, 0.1) is 40.4 Å². The van der Waals surface area contributed by atoms with E-state index < -0.39 is 5.60 Å². The van der Waals surface area contributed by atoms with Crippen LogP contribution in [0.25, 0.3) is 0 Å². The van der Waals surface area contributed by atoms with Crippen LogP contribution in [0.15, 0.2) is 0 Å². The minimum atomic E-state index is -0.648. The first kappa shape index (κ1) is 18.0. The number of carbonyl (C=O) groups excluding carboxylic acids is 1. The molecule has 1 N–H and O–H groups in total. The number of rotatable bonds is 2. The number of fused-ring (bicyclic) bond motifs is 5. The van der Waals surface area contributed by atoms with Gasteiger partial charge in [-0.1, -0.05) is 20.8 Å². The average Bonchev–Trinajstić information content (AvgIpc) is 2.81. The lowest BCUT2D eigenvalue weighted by Crippen LogP contribution is -2.58. The highest BCUT2D eigenvalue weighted by molar-refractivity contribution is 5.82. The van der Waals surface area contributed by atoms with Crippen LogP contribution in [-0.2, 0) is 9.53 Å². The minimum Gasteiger partial charge on any atom is -0.387 e. The monoisotopic (exact) mass is 348 g/mol. The van der Waals surface area contributed by atoms with Gasteiger partial charge in [0.1, 0.15) is 5.78 Å². The first-order chi connectivity index (χ1) is 11.7. The molecule has 4 aliphatic carbocycles. The second kappa shape index (κ2) is 5.79. The van der Waals surface area contributed by atoms with Crippen molar-refractivity contribution < 1.29 is 14.6 Å². The minimum absolute atomic E-state index is 0.00345. The van der Waals surface area contributed by atoms with E-state index in [1.54, 1.807) is 7.11 Å². The Morgan fingerprint density at radius 1 is 1.12 bits per heavy atom. The molecular weight excluding hydrogens is 312 g/mol. The normalized spacial score (nSPS) is 55.4. The van der Waals surface area contributed by atoms with Gasteiger partial charge in [0.05, 0.1) is 12.2 Å². The number of hydrogen-bond acceptors (Lipinski definition) is 3. The Labute approximate surface area is 152 Å². The molecule has 0 aromatic rings. The summed E-state index contributed by atoms with van der Waals surface area (Å²) in [4.78, 5) is 12.3. The summed E-state index contributed by atoms with van der Waals surface area (Å²) in [5.41, 5.74) is -0.312. The zero-order valence-corrected chi connectivity index (χ0v) is 16.5. The van der Waals surface area contributed by atoms with Crippen molar-refractivity contribution in [1.29, 1.82) is 0 Å². The molecule has 142 valence electrons. The van der Waals surface area contributed by atoms with Gasteiger partial charge in [0.25, 0.3) is 0 Å². The topological polar surface area (TPSA) is 46.5 Å². The summed E-state index contributed by atoms with van der Waals surface area (Å²) in [5, 5.41) is 11.3. The van der Waals surface area contributed by atoms with Crippen molar-refractivity contribution in [3.8, 4) is 0 Å². The Kier molecular flexibility index (Phi) is 4.16. The SMILES string of the molecule is COC[C@]1(O)CC[C@@H]2[C@@H]3CC[C@H]4CC(=O)[C@H](C)C[C@]4(C)[C@H]3CC[C@@]21C. The van der Waals surface area contributed by atoms with Gasteiger partial charge < -0.3 is 9.84 Å². The molecule has 0 aromatic carbocycles. The number of methoxy groups -OCH3 is 1. The van der Waals surface area contributed by atoms with E-state index in [9.17, 15) is 9.90 Å². The Morgan fingerprint density at radius 3 is 2.56 bits per heavy atom. The highest BCUT2D eigenvalue weighted by Crippen LogP contribution is 2.68. The highest BCUT2D eigenvalue weighted by Gasteiger charge is 2.64. The second-order valence-corrected chi connectivity index (χ2v) is 10.4. The molecule has 4 fully saturated rings. The van der Waals surface area contributed by atoms with E-state index in [1.165, 1.54) is 19.3 Å². The van der Waals surface area contributed by atoms with E-state index in [-0.39, 0.29) is 11.3 Å². The average molecular weight is 349 g/mol. The van der Waals surface area contributed by atoms with Gasteiger partial charge in [-0.2, -0.15) is 0 Å². The van der Waals surface area contributed by atoms with E-state index in [4.69, 9.17) is 4.74 Å². The van der Waals surface area contributed by atoms with Gasteiger partial charge in [0.2, 0.25) is 0 Å². The van der Waals surface area contributed by atoms with Gasteiger partial charge in [-0.3, -0.25) is 4.79 Å². The molecule has 4 rings (SSSR count). The quantitative estimate of drug-likeness (QED) is 0.812. The molecular formula is C22H36O3. The summed E-state index contributed by atoms with van der Waals surface area (Å²) >= 11 is 0. The van der Waals surface area contributed by atoms with Gasteiger partial charge >= 0.3 is 0 Å². The van der Waals surface area contributed by atoms with Gasteiger partial charge in [-0.05, 0) is 74.0 Å².